The number of hydrogen-bond acceptors (Lipinski definition) is 4. The highest BCUT2D eigenvalue weighted by Crippen LogP contribution is 2.21. The zero-order chi connectivity index (χ0) is 16.9. The number of rotatable bonds is 4. The molecule has 128 valence electrons. The number of nitrogens with zero attached hydrogens (tertiary/aromatic N) is 1. The third kappa shape index (κ3) is 5.75. The van der Waals surface area contributed by atoms with Gasteiger partial charge in [-0.3, -0.25) is 0 Å². The Morgan fingerprint density at radius 1 is 1.22 bits per heavy atom. The summed E-state index contributed by atoms with van der Waals surface area (Å²) in [4.78, 5) is 13.8. The summed E-state index contributed by atoms with van der Waals surface area (Å²) in [6.45, 7) is 7.09. The Labute approximate surface area is 138 Å². The molecule has 0 saturated carbocycles. The van der Waals surface area contributed by atoms with Gasteiger partial charge in [-0.2, -0.15) is 0 Å². The molecule has 1 heterocycles. The summed E-state index contributed by atoms with van der Waals surface area (Å²) < 4.78 is 11.4. The number of ether oxygens (including phenoxy) is 2. The molecule has 5 heteroatoms. The standard InChI is InChI=1S/C18H27NO4/c1-18(2,3)23-17(21)19-11-8-16(9-12-19)22-15-6-4-14(5-7-15)10-13-20/h4-7,16,20H,8-13H2,1-3H3. The molecule has 1 amide bonds. The molecule has 0 radical (unpaired) electrons. The lowest BCUT2D eigenvalue weighted by molar-refractivity contribution is 0.0126. The van der Waals surface area contributed by atoms with Gasteiger partial charge >= 0.3 is 6.09 Å². The van der Waals surface area contributed by atoms with Gasteiger partial charge in [0, 0.05) is 32.5 Å². The average molecular weight is 321 g/mol. The second-order valence-corrected chi connectivity index (χ2v) is 6.90. The molecule has 0 aromatic heterocycles. The van der Waals surface area contributed by atoms with E-state index in [4.69, 9.17) is 14.6 Å². The van der Waals surface area contributed by atoms with Crippen molar-refractivity contribution < 1.29 is 19.4 Å². The molecule has 1 N–H and O–H groups in total. The lowest BCUT2D eigenvalue weighted by Gasteiger charge is -2.33. The van der Waals surface area contributed by atoms with E-state index in [-0.39, 0.29) is 18.8 Å². The average Bonchev–Trinajstić information content (AvgIpc) is 2.48. The molecule has 1 aliphatic rings. The number of piperidine rings is 1. The molecule has 5 nitrogen and oxygen atoms in total. The molecular formula is C18H27NO4. The quantitative estimate of drug-likeness (QED) is 0.926. The lowest BCUT2D eigenvalue weighted by Crippen LogP contribution is -2.44. The topological polar surface area (TPSA) is 59.0 Å². The number of hydrogen-bond donors (Lipinski definition) is 1. The maximum atomic E-state index is 12.0. The number of carbonyl (C=O) groups excluding carboxylic acids is 1. The molecule has 1 aromatic rings. The van der Waals surface area contributed by atoms with Crippen LogP contribution in [-0.2, 0) is 11.2 Å². The molecule has 0 spiro atoms. The molecule has 0 bridgehead atoms. The van der Waals surface area contributed by atoms with Crippen LogP contribution in [0.3, 0.4) is 0 Å². The number of aliphatic hydroxyl groups excluding tert-OH is 1. The third-order valence-corrected chi connectivity index (χ3v) is 3.72. The first-order chi connectivity index (χ1) is 10.9. The van der Waals surface area contributed by atoms with Gasteiger partial charge in [0.2, 0.25) is 0 Å². The van der Waals surface area contributed by atoms with Crippen molar-refractivity contribution in [3.05, 3.63) is 29.8 Å². The van der Waals surface area contributed by atoms with Gasteiger partial charge < -0.3 is 19.5 Å². The van der Waals surface area contributed by atoms with E-state index >= 15 is 0 Å². The van der Waals surface area contributed by atoms with E-state index in [0.717, 1.165) is 24.2 Å². The zero-order valence-corrected chi connectivity index (χ0v) is 14.2. The van der Waals surface area contributed by atoms with Crippen molar-refractivity contribution in [1.29, 1.82) is 0 Å². The normalized spacial score (nSPS) is 16.3. The molecule has 2 rings (SSSR count). The van der Waals surface area contributed by atoms with Crippen molar-refractivity contribution in [1.82, 2.24) is 4.90 Å². The summed E-state index contributed by atoms with van der Waals surface area (Å²) in [6, 6.07) is 7.82. The maximum absolute atomic E-state index is 12.0. The molecular weight excluding hydrogens is 294 g/mol. The number of aliphatic hydroxyl groups is 1. The van der Waals surface area contributed by atoms with Crippen molar-refractivity contribution >= 4 is 6.09 Å². The lowest BCUT2D eigenvalue weighted by atomic mass is 10.1. The molecule has 1 saturated heterocycles. The van der Waals surface area contributed by atoms with Crippen LogP contribution in [0.1, 0.15) is 39.2 Å². The minimum Gasteiger partial charge on any atom is -0.490 e. The number of benzene rings is 1. The summed E-state index contributed by atoms with van der Waals surface area (Å²) in [7, 11) is 0. The Morgan fingerprint density at radius 3 is 2.35 bits per heavy atom. The summed E-state index contributed by atoms with van der Waals surface area (Å²) >= 11 is 0. The van der Waals surface area contributed by atoms with Crippen LogP contribution >= 0.6 is 0 Å². The fourth-order valence-corrected chi connectivity index (χ4v) is 2.54. The smallest absolute Gasteiger partial charge is 0.410 e. The zero-order valence-electron chi connectivity index (χ0n) is 14.2. The van der Waals surface area contributed by atoms with Crippen molar-refractivity contribution in [3.63, 3.8) is 0 Å². The SMILES string of the molecule is CC(C)(C)OC(=O)N1CCC(Oc2ccc(CCO)cc2)CC1. The Balaban J connectivity index is 1.79. The monoisotopic (exact) mass is 321 g/mol. The number of likely N-dealkylation sites (tertiary alicyclic amines) is 1. The molecule has 0 atom stereocenters. The van der Waals surface area contributed by atoms with Crippen LogP contribution in [0.2, 0.25) is 0 Å². The maximum Gasteiger partial charge on any atom is 0.410 e. The van der Waals surface area contributed by atoms with Crippen LogP contribution in [0, 0.1) is 0 Å². The first kappa shape index (κ1) is 17.6. The largest absolute Gasteiger partial charge is 0.490 e. The van der Waals surface area contributed by atoms with Crippen LogP contribution in [0.25, 0.3) is 0 Å². The fourth-order valence-electron chi connectivity index (χ4n) is 2.54. The van der Waals surface area contributed by atoms with Crippen LogP contribution in [0.5, 0.6) is 5.75 Å². The highest BCUT2D eigenvalue weighted by atomic mass is 16.6. The van der Waals surface area contributed by atoms with Gasteiger partial charge in [-0.05, 0) is 44.9 Å². The van der Waals surface area contributed by atoms with Crippen molar-refractivity contribution in [2.24, 2.45) is 0 Å². The Morgan fingerprint density at radius 2 is 1.83 bits per heavy atom. The number of carbonyl (C=O) groups is 1. The molecule has 23 heavy (non-hydrogen) atoms. The van der Waals surface area contributed by atoms with Crippen LogP contribution in [0.4, 0.5) is 4.79 Å². The van der Waals surface area contributed by atoms with Gasteiger partial charge in [-0.25, -0.2) is 4.79 Å². The van der Waals surface area contributed by atoms with E-state index in [0.29, 0.717) is 19.5 Å². The molecule has 1 aromatic carbocycles. The van der Waals surface area contributed by atoms with Crippen molar-refractivity contribution in [3.8, 4) is 5.75 Å². The third-order valence-electron chi connectivity index (χ3n) is 3.72. The highest BCUT2D eigenvalue weighted by molar-refractivity contribution is 5.68. The first-order valence-electron chi connectivity index (χ1n) is 8.22. The van der Waals surface area contributed by atoms with Crippen molar-refractivity contribution in [2.45, 2.75) is 51.7 Å². The first-order valence-corrected chi connectivity index (χ1v) is 8.22. The molecule has 0 aliphatic carbocycles. The molecule has 1 fully saturated rings. The minimum atomic E-state index is -0.458. The van der Waals surface area contributed by atoms with E-state index in [1.54, 1.807) is 4.90 Å². The van der Waals surface area contributed by atoms with Crippen LogP contribution in [-0.4, -0.2) is 47.5 Å². The second-order valence-electron chi connectivity index (χ2n) is 6.90. The van der Waals surface area contributed by atoms with E-state index in [9.17, 15) is 4.79 Å². The summed E-state index contributed by atoms with van der Waals surface area (Å²) in [5.41, 5.74) is 0.639. The molecule has 0 unspecified atom stereocenters. The predicted molar refractivity (Wildman–Crippen MR) is 88.7 cm³/mol. The van der Waals surface area contributed by atoms with E-state index < -0.39 is 5.60 Å². The van der Waals surface area contributed by atoms with Gasteiger partial charge in [0.05, 0.1) is 0 Å². The van der Waals surface area contributed by atoms with E-state index in [1.165, 1.54) is 0 Å². The van der Waals surface area contributed by atoms with Gasteiger partial charge in [-0.15, -0.1) is 0 Å². The van der Waals surface area contributed by atoms with Gasteiger partial charge in [0.1, 0.15) is 17.5 Å². The number of amides is 1. The Kier molecular flexibility index (Phi) is 5.88. The highest BCUT2D eigenvalue weighted by Gasteiger charge is 2.27. The minimum absolute atomic E-state index is 0.123. The molecule has 1 aliphatic heterocycles. The summed E-state index contributed by atoms with van der Waals surface area (Å²) in [6.07, 6.45) is 2.14. The second kappa shape index (κ2) is 7.68. The predicted octanol–water partition coefficient (Wildman–Crippen LogP) is 3.00. The fraction of sp³-hybridized carbons (Fsp3) is 0.611. The summed E-state index contributed by atoms with van der Waals surface area (Å²) in [5, 5.41) is 8.92. The van der Waals surface area contributed by atoms with Gasteiger partial charge in [0.25, 0.3) is 0 Å². The Bertz CT molecular complexity index is 499. The van der Waals surface area contributed by atoms with Crippen LogP contribution in [0.15, 0.2) is 24.3 Å². The van der Waals surface area contributed by atoms with Gasteiger partial charge in [-0.1, -0.05) is 12.1 Å². The summed E-state index contributed by atoms with van der Waals surface area (Å²) in [5.74, 6) is 0.836. The van der Waals surface area contributed by atoms with E-state index in [2.05, 4.69) is 0 Å². The van der Waals surface area contributed by atoms with E-state index in [1.807, 2.05) is 45.0 Å². The Hall–Kier alpha value is -1.75. The van der Waals surface area contributed by atoms with Crippen molar-refractivity contribution in [2.75, 3.05) is 19.7 Å². The van der Waals surface area contributed by atoms with Crippen LogP contribution < -0.4 is 4.74 Å². The van der Waals surface area contributed by atoms with Gasteiger partial charge in [0.15, 0.2) is 0 Å².